The minimum Gasteiger partial charge on any atom is -0.351 e. The summed E-state index contributed by atoms with van der Waals surface area (Å²) >= 11 is 0. The first-order valence-electron chi connectivity index (χ1n) is 10.8. The van der Waals surface area contributed by atoms with Crippen LogP contribution >= 0.6 is 0 Å². The summed E-state index contributed by atoms with van der Waals surface area (Å²) in [5.74, 6) is -0.839. The average molecular weight is 425 g/mol. The molecule has 164 valence electrons. The summed E-state index contributed by atoms with van der Waals surface area (Å²) in [6, 6.07) is 5.32. The summed E-state index contributed by atoms with van der Waals surface area (Å²) in [7, 11) is 0. The molecule has 1 saturated carbocycles. The van der Waals surface area contributed by atoms with Gasteiger partial charge in [-0.1, -0.05) is 18.9 Å². The van der Waals surface area contributed by atoms with Gasteiger partial charge in [-0.25, -0.2) is 0 Å². The monoisotopic (exact) mass is 424 g/mol. The summed E-state index contributed by atoms with van der Waals surface area (Å²) in [6.07, 6.45) is 7.50. The summed E-state index contributed by atoms with van der Waals surface area (Å²) < 4.78 is 1.49. The van der Waals surface area contributed by atoms with Gasteiger partial charge in [0.1, 0.15) is 11.2 Å². The van der Waals surface area contributed by atoms with Crippen LogP contribution in [-0.2, 0) is 17.9 Å². The van der Waals surface area contributed by atoms with Gasteiger partial charge in [0, 0.05) is 37.6 Å². The number of hydrogen-bond acceptors (Lipinski definition) is 5. The zero-order valence-electron chi connectivity index (χ0n) is 17.9. The minimum atomic E-state index is -1.06. The van der Waals surface area contributed by atoms with Gasteiger partial charge in [0.25, 0.3) is 11.8 Å². The van der Waals surface area contributed by atoms with Gasteiger partial charge in [-0.15, -0.1) is 0 Å². The molecule has 1 atom stereocenters. The Bertz CT molecular complexity index is 982. The molecule has 31 heavy (non-hydrogen) atoms. The van der Waals surface area contributed by atoms with Gasteiger partial charge in [0.15, 0.2) is 5.69 Å². The zero-order chi connectivity index (χ0) is 22.0. The SMILES string of the molecule is CCN1C(=O)c2cc(C(=O)NCc3cccnc3)nn2CC1(C)C(=O)NC1CCCC1. The molecule has 0 radical (unpaired) electrons. The predicted molar refractivity (Wildman–Crippen MR) is 113 cm³/mol. The maximum atomic E-state index is 13.2. The van der Waals surface area contributed by atoms with Gasteiger partial charge in [-0.05, 0) is 38.3 Å². The van der Waals surface area contributed by atoms with Crippen molar-refractivity contribution in [2.24, 2.45) is 0 Å². The second-order valence-electron chi connectivity index (χ2n) is 8.39. The highest BCUT2D eigenvalue weighted by molar-refractivity contribution is 6.01. The lowest BCUT2D eigenvalue weighted by molar-refractivity contribution is -0.133. The molecule has 0 aromatic carbocycles. The molecular weight excluding hydrogens is 396 g/mol. The second kappa shape index (κ2) is 8.49. The molecule has 9 nitrogen and oxygen atoms in total. The van der Waals surface area contributed by atoms with Crippen LogP contribution in [0.1, 0.15) is 66.1 Å². The first-order chi connectivity index (χ1) is 14.9. The Balaban J connectivity index is 1.52. The Morgan fingerprint density at radius 3 is 2.74 bits per heavy atom. The van der Waals surface area contributed by atoms with Crippen LogP contribution in [0.25, 0.3) is 0 Å². The van der Waals surface area contributed by atoms with Gasteiger partial charge < -0.3 is 15.5 Å². The third kappa shape index (κ3) is 4.04. The van der Waals surface area contributed by atoms with Gasteiger partial charge in [-0.2, -0.15) is 5.10 Å². The van der Waals surface area contributed by atoms with Gasteiger partial charge in [-0.3, -0.25) is 24.0 Å². The smallest absolute Gasteiger partial charge is 0.273 e. The van der Waals surface area contributed by atoms with Crippen molar-refractivity contribution in [2.45, 2.75) is 64.2 Å². The third-order valence-corrected chi connectivity index (χ3v) is 6.20. The average Bonchev–Trinajstić information content (AvgIpc) is 3.43. The first-order valence-corrected chi connectivity index (χ1v) is 10.8. The third-order valence-electron chi connectivity index (χ3n) is 6.20. The number of likely N-dealkylation sites (N-methyl/N-ethyl adjacent to an activating group) is 1. The van der Waals surface area contributed by atoms with Crippen molar-refractivity contribution in [3.63, 3.8) is 0 Å². The molecule has 3 heterocycles. The molecule has 2 aromatic rings. The number of carbonyl (C=O) groups excluding carboxylic acids is 3. The number of rotatable bonds is 6. The van der Waals surface area contributed by atoms with Crippen molar-refractivity contribution < 1.29 is 14.4 Å². The van der Waals surface area contributed by atoms with Crippen LogP contribution in [0.4, 0.5) is 0 Å². The standard InChI is InChI=1S/C22H28N6O3/c1-3-27-20(30)18-11-17(19(29)24-13-15-7-6-10-23-12-15)26-28(18)14-22(27,2)21(31)25-16-8-4-5-9-16/h6-7,10-12,16H,3-5,8-9,13-14H2,1-2H3,(H,24,29)(H,25,31). The Morgan fingerprint density at radius 1 is 1.29 bits per heavy atom. The molecule has 0 spiro atoms. The Labute approximate surface area is 181 Å². The number of pyridine rings is 1. The number of hydrogen-bond donors (Lipinski definition) is 2. The number of amides is 3. The van der Waals surface area contributed by atoms with E-state index in [2.05, 4.69) is 20.7 Å². The fourth-order valence-electron chi connectivity index (χ4n) is 4.43. The summed E-state index contributed by atoms with van der Waals surface area (Å²) in [4.78, 5) is 44.5. The predicted octanol–water partition coefficient (Wildman–Crippen LogP) is 1.50. The summed E-state index contributed by atoms with van der Waals surface area (Å²) in [6.45, 7) is 4.53. The number of nitrogens with zero attached hydrogens (tertiary/aromatic N) is 4. The van der Waals surface area contributed by atoms with E-state index in [0.29, 0.717) is 18.8 Å². The van der Waals surface area contributed by atoms with E-state index in [-0.39, 0.29) is 36.0 Å². The molecule has 1 aliphatic heterocycles. The van der Waals surface area contributed by atoms with E-state index in [0.717, 1.165) is 31.2 Å². The molecule has 1 unspecified atom stereocenters. The van der Waals surface area contributed by atoms with Gasteiger partial charge >= 0.3 is 0 Å². The van der Waals surface area contributed by atoms with Crippen LogP contribution in [0, 0.1) is 0 Å². The van der Waals surface area contributed by atoms with Crippen LogP contribution in [0.2, 0.25) is 0 Å². The fourth-order valence-corrected chi connectivity index (χ4v) is 4.43. The van der Waals surface area contributed by atoms with Crippen molar-refractivity contribution in [3.8, 4) is 0 Å². The molecule has 2 aliphatic rings. The fraction of sp³-hybridized carbons (Fsp3) is 0.500. The Kier molecular flexibility index (Phi) is 5.75. The lowest BCUT2D eigenvalue weighted by atomic mass is 9.94. The molecule has 3 amide bonds. The topological polar surface area (TPSA) is 109 Å². The van der Waals surface area contributed by atoms with Crippen molar-refractivity contribution in [3.05, 3.63) is 47.5 Å². The molecule has 2 aromatic heterocycles. The highest BCUT2D eigenvalue weighted by Crippen LogP contribution is 2.28. The lowest BCUT2D eigenvalue weighted by Crippen LogP contribution is -2.64. The molecule has 1 aliphatic carbocycles. The Morgan fingerprint density at radius 2 is 2.06 bits per heavy atom. The highest BCUT2D eigenvalue weighted by atomic mass is 16.2. The number of aromatic nitrogens is 3. The maximum absolute atomic E-state index is 13.2. The van der Waals surface area contributed by atoms with E-state index in [4.69, 9.17) is 0 Å². The molecule has 9 heteroatoms. The number of nitrogens with one attached hydrogen (secondary N) is 2. The van der Waals surface area contributed by atoms with E-state index in [1.165, 1.54) is 10.7 Å². The lowest BCUT2D eigenvalue weighted by Gasteiger charge is -2.43. The van der Waals surface area contributed by atoms with Gasteiger partial charge in [0.2, 0.25) is 5.91 Å². The Hall–Kier alpha value is -3.23. The van der Waals surface area contributed by atoms with Crippen LogP contribution in [0.15, 0.2) is 30.6 Å². The zero-order valence-corrected chi connectivity index (χ0v) is 17.9. The molecule has 2 N–H and O–H groups in total. The molecule has 4 rings (SSSR count). The number of carbonyl (C=O) groups is 3. The minimum absolute atomic E-state index is 0.156. The highest BCUT2D eigenvalue weighted by Gasteiger charge is 2.48. The van der Waals surface area contributed by atoms with E-state index in [9.17, 15) is 14.4 Å². The summed E-state index contributed by atoms with van der Waals surface area (Å²) in [5.41, 5.74) is 0.282. The van der Waals surface area contributed by atoms with E-state index >= 15 is 0 Å². The van der Waals surface area contributed by atoms with E-state index < -0.39 is 5.54 Å². The van der Waals surface area contributed by atoms with E-state index in [1.54, 1.807) is 30.3 Å². The van der Waals surface area contributed by atoms with Crippen molar-refractivity contribution >= 4 is 17.7 Å². The quantitative estimate of drug-likeness (QED) is 0.730. The van der Waals surface area contributed by atoms with Crippen LogP contribution in [0.5, 0.6) is 0 Å². The molecule has 0 bridgehead atoms. The normalized spacial score (nSPS) is 21.1. The van der Waals surface area contributed by atoms with Gasteiger partial charge in [0.05, 0.1) is 6.54 Å². The first kappa shape index (κ1) is 21.0. The van der Waals surface area contributed by atoms with Crippen molar-refractivity contribution in [1.82, 2.24) is 30.3 Å². The number of fused-ring (bicyclic) bond motifs is 1. The van der Waals surface area contributed by atoms with Crippen molar-refractivity contribution in [1.29, 1.82) is 0 Å². The largest absolute Gasteiger partial charge is 0.351 e. The maximum Gasteiger partial charge on any atom is 0.273 e. The van der Waals surface area contributed by atoms with E-state index in [1.807, 2.05) is 13.0 Å². The van der Waals surface area contributed by atoms with Crippen LogP contribution in [-0.4, -0.2) is 55.5 Å². The molecule has 1 fully saturated rings. The van der Waals surface area contributed by atoms with Crippen molar-refractivity contribution in [2.75, 3.05) is 6.54 Å². The van der Waals surface area contributed by atoms with Crippen LogP contribution < -0.4 is 10.6 Å². The summed E-state index contributed by atoms with van der Waals surface area (Å²) in [5, 5.41) is 10.3. The second-order valence-corrected chi connectivity index (χ2v) is 8.39. The van der Waals surface area contributed by atoms with Crippen LogP contribution in [0.3, 0.4) is 0 Å². The molecule has 0 saturated heterocycles. The molecular formula is C22H28N6O3.